The standard InChI is InChI=1S/C10H21NO3/c1-7(2)9(10(13)14-4)11-6-5-8(3)12/h7-9,11-12H,5-6H2,1-4H3. The van der Waals surface area contributed by atoms with Crippen LogP contribution < -0.4 is 5.32 Å². The van der Waals surface area contributed by atoms with Crippen molar-refractivity contribution in [3.8, 4) is 0 Å². The van der Waals surface area contributed by atoms with E-state index in [2.05, 4.69) is 10.1 Å². The number of esters is 1. The van der Waals surface area contributed by atoms with Crippen molar-refractivity contribution in [2.75, 3.05) is 13.7 Å². The maximum absolute atomic E-state index is 11.3. The summed E-state index contributed by atoms with van der Waals surface area (Å²) in [6.45, 7) is 6.26. The van der Waals surface area contributed by atoms with Gasteiger partial charge in [0, 0.05) is 0 Å². The van der Waals surface area contributed by atoms with Crippen molar-refractivity contribution in [3.05, 3.63) is 0 Å². The van der Waals surface area contributed by atoms with Gasteiger partial charge < -0.3 is 15.2 Å². The molecule has 4 heteroatoms. The number of aliphatic hydroxyl groups excluding tert-OH is 1. The predicted molar refractivity (Wildman–Crippen MR) is 54.9 cm³/mol. The Morgan fingerprint density at radius 1 is 1.43 bits per heavy atom. The van der Waals surface area contributed by atoms with Gasteiger partial charge in [0.05, 0.1) is 13.2 Å². The lowest BCUT2D eigenvalue weighted by Crippen LogP contribution is -2.42. The van der Waals surface area contributed by atoms with E-state index in [1.807, 2.05) is 13.8 Å². The molecule has 14 heavy (non-hydrogen) atoms. The van der Waals surface area contributed by atoms with Crippen LogP contribution in [0, 0.1) is 5.92 Å². The average Bonchev–Trinajstić information content (AvgIpc) is 2.10. The number of carbonyl (C=O) groups is 1. The summed E-state index contributed by atoms with van der Waals surface area (Å²) >= 11 is 0. The average molecular weight is 203 g/mol. The molecule has 0 fully saturated rings. The number of aliphatic hydroxyl groups is 1. The third kappa shape index (κ3) is 5.19. The Balaban J connectivity index is 3.92. The van der Waals surface area contributed by atoms with E-state index < -0.39 is 0 Å². The monoisotopic (exact) mass is 203 g/mol. The van der Waals surface area contributed by atoms with Crippen LogP contribution in [0.25, 0.3) is 0 Å². The summed E-state index contributed by atoms with van der Waals surface area (Å²) in [4.78, 5) is 11.3. The highest BCUT2D eigenvalue weighted by Crippen LogP contribution is 2.03. The van der Waals surface area contributed by atoms with Crippen LogP contribution in [0.2, 0.25) is 0 Å². The number of carbonyl (C=O) groups excluding carboxylic acids is 1. The molecule has 2 unspecified atom stereocenters. The minimum Gasteiger partial charge on any atom is -0.468 e. The van der Waals surface area contributed by atoms with Gasteiger partial charge in [-0.2, -0.15) is 0 Å². The van der Waals surface area contributed by atoms with Crippen LogP contribution in [0.1, 0.15) is 27.2 Å². The minimum absolute atomic E-state index is 0.191. The first kappa shape index (κ1) is 13.4. The number of methoxy groups -OCH3 is 1. The molecule has 0 spiro atoms. The Labute approximate surface area is 85.6 Å². The fraction of sp³-hybridized carbons (Fsp3) is 0.900. The van der Waals surface area contributed by atoms with Crippen molar-refractivity contribution in [3.63, 3.8) is 0 Å². The maximum atomic E-state index is 11.3. The van der Waals surface area contributed by atoms with Gasteiger partial charge >= 0.3 is 5.97 Å². The van der Waals surface area contributed by atoms with Crippen LogP contribution in [-0.4, -0.2) is 36.9 Å². The van der Waals surface area contributed by atoms with Crippen LogP contribution in [0.15, 0.2) is 0 Å². The van der Waals surface area contributed by atoms with Crippen LogP contribution in [0.3, 0.4) is 0 Å². The number of ether oxygens (including phenoxy) is 1. The minimum atomic E-state index is -0.340. The van der Waals surface area contributed by atoms with Gasteiger partial charge in [0.1, 0.15) is 6.04 Å². The fourth-order valence-electron chi connectivity index (χ4n) is 1.17. The number of rotatable bonds is 6. The SMILES string of the molecule is COC(=O)C(NCCC(C)O)C(C)C. The van der Waals surface area contributed by atoms with Crippen molar-refractivity contribution in [2.45, 2.75) is 39.3 Å². The van der Waals surface area contributed by atoms with E-state index in [1.54, 1.807) is 6.92 Å². The van der Waals surface area contributed by atoms with E-state index in [0.29, 0.717) is 13.0 Å². The summed E-state index contributed by atoms with van der Waals surface area (Å²) in [5.41, 5.74) is 0. The molecule has 2 N–H and O–H groups in total. The van der Waals surface area contributed by atoms with Gasteiger partial charge in [0.15, 0.2) is 0 Å². The summed E-state index contributed by atoms with van der Waals surface area (Å²) in [6, 6.07) is -0.279. The molecule has 0 aliphatic heterocycles. The molecule has 0 aromatic carbocycles. The molecule has 84 valence electrons. The van der Waals surface area contributed by atoms with Gasteiger partial charge in [-0.25, -0.2) is 0 Å². The van der Waals surface area contributed by atoms with Crippen molar-refractivity contribution >= 4 is 5.97 Å². The second kappa shape index (κ2) is 6.79. The van der Waals surface area contributed by atoms with E-state index in [0.717, 1.165) is 0 Å². The first-order valence-corrected chi connectivity index (χ1v) is 4.98. The van der Waals surface area contributed by atoms with E-state index in [-0.39, 0.29) is 24.0 Å². The first-order valence-electron chi connectivity index (χ1n) is 4.98. The highest BCUT2D eigenvalue weighted by molar-refractivity contribution is 5.75. The smallest absolute Gasteiger partial charge is 0.323 e. The van der Waals surface area contributed by atoms with Gasteiger partial charge in [0.25, 0.3) is 0 Å². The van der Waals surface area contributed by atoms with E-state index in [1.165, 1.54) is 7.11 Å². The van der Waals surface area contributed by atoms with Gasteiger partial charge in [-0.15, -0.1) is 0 Å². The Morgan fingerprint density at radius 2 is 2.00 bits per heavy atom. The summed E-state index contributed by atoms with van der Waals surface area (Å²) < 4.78 is 4.67. The molecule has 0 saturated carbocycles. The molecule has 0 aromatic rings. The zero-order valence-corrected chi connectivity index (χ0v) is 9.41. The highest BCUT2D eigenvalue weighted by Gasteiger charge is 2.21. The van der Waals surface area contributed by atoms with E-state index in [4.69, 9.17) is 5.11 Å². The lowest BCUT2D eigenvalue weighted by Gasteiger charge is -2.20. The lowest BCUT2D eigenvalue weighted by molar-refractivity contribution is -0.144. The maximum Gasteiger partial charge on any atom is 0.323 e. The molecule has 0 heterocycles. The van der Waals surface area contributed by atoms with Crippen molar-refractivity contribution in [2.24, 2.45) is 5.92 Å². The summed E-state index contributed by atoms with van der Waals surface area (Å²) in [5.74, 6) is -0.0537. The Hall–Kier alpha value is -0.610. The van der Waals surface area contributed by atoms with Gasteiger partial charge in [-0.05, 0) is 25.8 Å². The van der Waals surface area contributed by atoms with Crippen molar-refractivity contribution < 1.29 is 14.6 Å². The normalized spacial score (nSPS) is 15.3. The largest absolute Gasteiger partial charge is 0.468 e. The van der Waals surface area contributed by atoms with Gasteiger partial charge in [-0.1, -0.05) is 13.8 Å². The van der Waals surface area contributed by atoms with Crippen molar-refractivity contribution in [1.82, 2.24) is 5.32 Å². The Kier molecular flexibility index (Phi) is 6.49. The summed E-state index contributed by atoms with van der Waals surface area (Å²) in [6.07, 6.45) is 0.299. The number of hydrogen-bond donors (Lipinski definition) is 2. The predicted octanol–water partition coefficient (Wildman–Crippen LogP) is 0.544. The molecule has 0 aliphatic carbocycles. The molecule has 0 aliphatic rings. The van der Waals surface area contributed by atoms with Crippen LogP contribution in [0.5, 0.6) is 0 Å². The fourth-order valence-corrected chi connectivity index (χ4v) is 1.17. The van der Waals surface area contributed by atoms with Gasteiger partial charge in [-0.3, -0.25) is 4.79 Å². The molecular weight excluding hydrogens is 182 g/mol. The van der Waals surface area contributed by atoms with Crippen LogP contribution in [-0.2, 0) is 9.53 Å². The van der Waals surface area contributed by atoms with E-state index >= 15 is 0 Å². The van der Waals surface area contributed by atoms with Gasteiger partial charge in [0.2, 0.25) is 0 Å². The van der Waals surface area contributed by atoms with E-state index in [9.17, 15) is 4.79 Å². The second-order valence-electron chi connectivity index (χ2n) is 3.84. The molecule has 0 aromatic heterocycles. The third-order valence-corrected chi connectivity index (χ3v) is 2.05. The molecule has 0 rings (SSSR count). The molecule has 2 atom stereocenters. The quantitative estimate of drug-likeness (QED) is 0.619. The Morgan fingerprint density at radius 3 is 2.36 bits per heavy atom. The molecule has 0 radical (unpaired) electrons. The lowest BCUT2D eigenvalue weighted by atomic mass is 10.0. The molecule has 0 bridgehead atoms. The molecule has 0 amide bonds. The molecular formula is C10H21NO3. The molecule has 0 saturated heterocycles. The topological polar surface area (TPSA) is 58.6 Å². The highest BCUT2D eigenvalue weighted by atomic mass is 16.5. The van der Waals surface area contributed by atoms with Crippen LogP contribution >= 0.6 is 0 Å². The number of hydrogen-bond acceptors (Lipinski definition) is 4. The summed E-state index contributed by atoms with van der Waals surface area (Å²) in [7, 11) is 1.38. The third-order valence-electron chi connectivity index (χ3n) is 2.05. The Bertz CT molecular complexity index is 169. The second-order valence-corrected chi connectivity index (χ2v) is 3.84. The first-order chi connectivity index (χ1) is 6.49. The zero-order valence-electron chi connectivity index (χ0n) is 9.41. The number of nitrogens with one attached hydrogen (secondary N) is 1. The summed E-state index contributed by atoms with van der Waals surface area (Å²) in [5, 5.41) is 12.1. The zero-order chi connectivity index (χ0) is 11.1. The molecule has 4 nitrogen and oxygen atoms in total. The van der Waals surface area contributed by atoms with Crippen molar-refractivity contribution in [1.29, 1.82) is 0 Å². The van der Waals surface area contributed by atoms with Crippen LogP contribution in [0.4, 0.5) is 0 Å².